The predicted octanol–water partition coefficient (Wildman–Crippen LogP) is 6.84. The van der Waals surface area contributed by atoms with Crippen molar-refractivity contribution in [2.75, 3.05) is 19.7 Å². The zero-order chi connectivity index (χ0) is 26.8. The molecule has 0 amide bonds. The maximum absolute atomic E-state index is 13.4. The van der Waals surface area contributed by atoms with Crippen molar-refractivity contribution in [3.63, 3.8) is 0 Å². The maximum atomic E-state index is 13.4. The van der Waals surface area contributed by atoms with Crippen LogP contribution in [0.4, 0.5) is 13.2 Å². The number of nitrogens with zero attached hydrogens (tertiary/aromatic N) is 1. The molecule has 0 radical (unpaired) electrons. The Balaban J connectivity index is 1.72. The van der Waals surface area contributed by atoms with Gasteiger partial charge in [-0.05, 0) is 47.8 Å². The van der Waals surface area contributed by atoms with Gasteiger partial charge in [-0.25, -0.2) is 4.79 Å². The highest BCUT2D eigenvalue weighted by Gasteiger charge is 2.34. The average Bonchev–Trinajstić information content (AvgIpc) is 2.85. The fraction of sp³-hybridized carbons (Fsp3) is 0.276. The first kappa shape index (κ1) is 28.1. The molecule has 37 heavy (non-hydrogen) atoms. The number of alkyl halides is 3. The molecule has 0 aromatic heterocycles. The number of terminal acetylenes is 1. The molecular weight excluding hydrogens is 503 g/mol. The van der Waals surface area contributed by atoms with Crippen LogP contribution < -0.4 is 0 Å². The number of halogens is 4. The molecule has 194 valence electrons. The lowest BCUT2D eigenvalue weighted by molar-refractivity contribution is -0.137. The number of aliphatic carboxylic acids is 1. The topological polar surface area (TPSA) is 49.8 Å². The second-order valence-electron chi connectivity index (χ2n) is 8.55. The maximum Gasteiger partial charge on any atom is 0.417 e. The molecule has 0 saturated heterocycles. The van der Waals surface area contributed by atoms with E-state index < -0.39 is 17.7 Å². The quantitative estimate of drug-likeness (QED) is 0.197. The second-order valence-corrected chi connectivity index (χ2v) is 8.93. The summed E-state index contributed by atoms with van der Waals surface area (Å²) in [5, 5.41) is 8.63. The Labute approximate surface area is 219 Å². The third-order valence-corrected chi connectivity index (χ3v) is 6.23. The van der Waals surface area contributed by atoms with Gasteiger partial charge in [0.25, 0.3) is 0 Å². The van der Waals surface area contributed by atoms with Crippen LogP contribution in [0.1, 0.15) is 35.4 Å². The van der Waals surface area contributed by atoms with Gasteiger partial charge in [-0.2, -0.15) is 13.2 Å². The van der Waals surface area contributed by atoms with Gasteiger partial charge in [0.15, 0.2) is 0 Å². The van der Waals surface area contributed by atoms with Crippen molar-refractivity contribution in [1.29, 1.82) is 0 Å². The van der Waals surface area contributed by atoms with Gasteiger partial charge in [0, 0.05) is 25.7 Å². The first-order chi connectivity index (χ1) is 17.7. The molecule has 1 aliphatic rings. The van der Waals surface area contributed by atoms with Crippen molar-refractivity contribution in [1.82, 2.24) is 4.90 Å². The van der Waals surface area contributed by atoms with Crippen molar-refractivity contribution in [3.8, 4) is 12.3 Å². The van der Waals surface area contributed by atoms with Crippen LogP contribution in [0, 0.1) is 12.3 Å². The zero-order valence-corrected chi connectivity index (χ0v) is 20.8. The van der Waals surface area contributed by atoms with E-state index in [0.717, 1.165) is 17.7 Å². The van der Waals surface area contributed by atoms with Crippen LogP contribution in [0.5, 0.6) is 0 Å². The monoisotopic (exact) mass is 529 g/mol. The summed E-state index contributed by atoms with van der Waals surface area (Å²) >= 11 is 6.16. The third-order valence-electron chi connectivity index (χ3n) is 5.78. The Bertz CT molecular complexity index is 1210. The average molecular weight is 530 g/mol. The number of hydrogen-bond acceptors (Lipinski definition) is 3. The standard InChI is InChI=1S/C29H27ClF3NO3/c1-2-22(23-10-4-3-5-11-23)19-34(20-24-12-7-14-26(28(24)30)29(31,32)33)15-8-16-37-25-13-6-9-21(17-25)18-27(35)36/h1,3-7,10-14,17-18,22H,8-9,15-16,19-20H2,(H,35,36). The lowest BCUT2D eigenvalue weighted by Crippen LogP contribution is -2.30. The molecule has 0 saturated carbocycles. The molecule has 3 rings (SSSR count). The Hall–Kier alpha value is -3.47. The van der Waals surface area contributed by atoms with Gasteiger partial charge in [0.2, 0.25) is 0 Å². The highest BCUT2D eigenvalue weighted by atomic mass is 35.5. The van der Waals surface area contributed by atoms with E-state index in [0.29, 0.717) is 49.4 Å². The lowest BCUT2D eigenvalue weighted by Gasteiger charge is -2.26. The van der Waals surface area contributed by atoms with Gasteiger partial charge >= 0.3 is 12.1 Å². The van der Waals surface area contributed by atoms with Crippen molar-refractivity contribution in [2.24, 2.45) is 0 Å². The van der Waals surface area contributed by atoms with Gasteiger partial charge in [-0.15, -0.1) is 6.42 Å². The highest BCUT2D eigenvalue weighted by Crippen LogP contribution is 2.36. The first-order valence-corrected chi connectivity index (χ1v) is 12.1. The Morgan fingerprint density at radius 3 is 2.65 bits per heavy atom. The lowest BCUT2D eigenvalue weighted by atomic mass is 9.99. The summed E-state index contributed by atoms with van der Waals surface area (Å²) in [5.74, 6) is 2.06. The molecule has 0 bridgehead atoms. The molecule has 1 aliphatic carbocycles. The smallest absolute Gasteiger partial charge is 0.417 e. The molecule has 1 unspecified atom stereocenters. The second kappa shape index (κ2) is 13.2. The number of allylic oxidation sites excluding steroid dienone is 4. The van der Waals surface area contributed by atoms with Gasteiger partial charge in [0.05, 0.1) is 23.1 Å². The fourth-order valence-corrected chi connectivity index (χ4v) is 4.32. The molecule has 0 spiro atoms. The van der Waals surface area contributed by atoms with E-state index in [1.165, 1.54) is 6.07 Å². The summed E-state index contributed by atoms with van der Waals surface area (Å²) < 4.78 is 46.0. The van der Waals surface area contributed by atoms with Crippen molar-refractivity contribution >= 4 is 17.6 Å². The van der Waals surface area contributed by atoms with E-state index in [1.807, 2.05) is 41.3 Å². The van der Waals surface area contributed by atoms with E-state index in [9.17, 15) is 18.0 Å². The minimum Gasteiger partial charge on any atom is -0.494 e. The van der Waals surface area contributed by atoms with Crippen LogP contribution in [0.2, 0.25) is 5.02 Å². The van der Waals surface area contributed by atoms with E-state index >= 15 is 0 Å². The highest BCUT2D eigenvalue weighted by molar-refractivity contribution is 6.32. The summed E-state index contributed by atoms with van der Waals surface area (Å²) in [5.41, 5.74) is 1.07. The SMILES string of the molecule is C#CC(CN(CCCOC1=CC(=CC(=O)O)CC=C1)Cc1cccc(C(F)(F)F)c1Cl)c1ccccc1. The van der Waals surface area contributed by atoms with Crippen LogP contribution in [0.25, 0.3) is 0 Å². The van der Waals surface area contributed by atoms with Crippen molar-refractivity contribution in [3.05, 3.63) is 106 Å². The Morgan fingerprint density at radius 1 is 1.22 bits per heavy atom. The third kappa shape index (κ3) is 8.56. The zero-order valence-electron chi connectivity index (χ0n) is 20.0. The number of rotatable bonds is 11. The van der Waals surface area contributed by atoms with Gasteiger partial charge in [-0.3, -0.25) is 4.90 Å². The van der Waals surface area contributed by atoms with Crippen LogP contribution in [0.15, 0.2) is 84.2 Å². The first-order valence-electron chi connectivity index (χ1n) is 11.7. The molecule has 4 nitrogen and oxygen atoms in total. The largest absolute Gasteiger partial charge is 0.494 e. The number of benzene rings is 2. The van der Waals surface area contributed by atoms with Crippen LogP contribution in [-0.2, 0) is 22.3 Å². The molecule has 8 heteroatoms. The number of ether oxygens (including phenoxy) is 1. The van der Waals surface area contributed by atoms with Crippen molar-refractivity contribution < 1.29 is 27.8 Å². The molecular formula is C29H27ClF3NO3. The normalized spacial score (nSPS) is 15.4. The molecule has 0 heterocycles. The summed E-state index contributed by atoms with van der Waals surface area (Å²) in [6.07, 6.45) is 8.76. The molecule has 2 aromatic rings. The summed E-state index contributed by atoms with van der Waals surface area (Å²) in [6, 6.07) is 13.4. The molecule has 0 fully saturated rings. The summed E-state index contributed by atoms with van der Waals surface area (Å²) in [4.78, 5) is 12.9. The Kier molecular flexibility index (Phi) is 10.0. The number of carboxylic acids is 1. The van der Waals surface area contributed by atoms with Crippen LogP contribution in [-0.4, -0.2) is 35.7 Å². The number of carbonyl (C=O) groups is 1. The number of hydrogen-bond donors (Lipinski definition) is 1. The van der Waals surface area contributed by atoms with Crippen molar-refractivity contribution in [2.45, 2.75) is 31.5 Å². The van der Waals surface area contributed by atoms with E-state index in [1.54, 1.807) is 18.2 Å². The fourth-order valence-electron chi connectivity index (χ4n) is 4.02. The van der Waals surface area contributed by atoms with Gasteiger partial charge < -0.3 is 9.84 Å². The van der Waals surface area contributed by atoms with E-state index in [4.69, 9.17) is 27.9 Å². The molecule has 2 aromatic carbocycles. The minimum atomic E-state index is -4.55. The Morgan fingerprint density at radius 2 is 1.97 bits per heavy atom. The van der Waals surface area contributed by atoms with Gasteiger partial charge in [0.1, 0.15) is 5.76 Å². The van der Waals surface area contributed by atoms with E-state index in [-0.39, 0.29) is 17.5 Å². The van der Waals surface area contributed by atoms with Crippen LogP contribution >= 0.6 is 11.6 Å². The van der Waals surface area contributed by atoms with E-state index in [2.05, 4.69) is 5.92 Å². The summed E-state index contributed by atoms with van der Waals surface area (Å²) in [7, 11) is 0. The molecule has 0 aliphatic heterocycles. The predicted molar refractivity (Wildman–Crippen MR) is 138 cm³/mol. The molecule has 1 atom stereocenters. The summed E-state index contributed by atoms with van der Waals surface area (Å²) in [6.45, 7) is 1.42. The van der Waals surface area contributed by atoms with Crippen LogP contribution in [0.3, 0.4) is 0 Å². The molecule has 1 N–H and O–H groups in total. The number of carboxylic acid groups (broad SMARTS) is 1. The minimum absolute atomic E-state index is 0.182. The van der Waals surface area contributed by atoms with Gasteiger partial charge in [-0.1, -0.05) is 66.1 Å².